The Bertz CT molecular complexity index is 1590. The van der Waals surface area contributed by atoms with Gasteiger partial charge in [-0.1, -0.05) is 66.5 Å². The van der Waals surface area contributed by atoms with Crippen LogP contribution in [-0.2, 0) is 24.3 Å². The number of para-hydroxylation sites is 1. The van der Waals surface area contributed by atoms with E-state index in [1.54, 1.807) is 55.0 Å². The van der Waals surface area contributed by atoms with Gasteiger partial charge in [0.2, 0.25) is 5.91 Å². The summed E-state index contributed by atoms with van der Waals surface area (Å²) in [7, 11) is 0. The molecule has 4 aromatic rings. The molecule has 0 aliphatic rings. The molecule has 0 radical (unpaired) electrons. The van der Waals surface area contributed by atoms with Crippen molar-refractivity contribution >= 4 is 52.1 Å². The molecule has 0 saturated heterocycles. The van der Waals surface area contributed by atoms with Crippen molar-refractivity contribution in [1.29, 1.82) is 5.26 Å². The highest BCUT2D eigenvalue weighted by molar-refractivity contribution is 7.80. The molecule has 11 heteroatoms. The normalized spacial score (nSPS) is 11.4. The number of halogens is 3. The van der Waals surface area contributed by atoms with Crippen LogP contribution < -0.4 is 10.6 Å². The van der Waals surface area contributed by atoms with Crippen LogP contribution in [0.5, 0.6) is 0 Å². The predicted octanol–water partition coefficient (Wildman–Crippen LogP) is 6.59. The summed E-state index contributed by atoms with van der Waals surface area (Å²) in [5.74, 6) is -0.601. The van der Waals surface area contributed by atoms with Gasteiger partial charge < -0.3 is 20.1 Å². The second kappa shape index (κ2) is 14.8. The molecular formula is C31H29Cl2FN6OS. The number of imidazole rings is 1. The maximum absolute atomic E-state index is 14.4. The number of nitriles is 1. The second-order valence-electron chi connectivity index (χ2n) is 9.67. The monoisotopic (exact) mass is 622 g/mol. The molecule has 0 fully saturated rings. The standard InChI is InChI=1S/C31H29Cl2FN6OS/c1-2-24(37-29(41)14-25-16-36-20-40(25)17-22-12-10-21(15-35)11-13-22)19-39(18-23-6-5-7-26(32)30(23)33)31(42)38-28-9-4-3-8-27(28)34/h3-13,16,20,24H,2,14,17-19H2,1H3,(H,37,41)(H,38,42)/t24-/m0/s1. The van der Waals surface area contributed by atoms with Crippen molar-refractivity contribution in [2.45, 2.75) is 38.9 Å². The van der Waals surface area contributed by atoms with Crippen molar-refractivity contribution < 1.29 is 9.18 Å². The number of rotatable bonds is 11. The lowest BCUT2D eigenvalue weighted by atomic mass is 10.1. The first-order chi connectivity index (χ1) is 20.3. The molecule has 0 aliphatic carbocycles. The van der Waals surface area contributed by atoms with Gasteiger partial charge in [0, 0.05) is 37.6 Å². The summed E-state index contributed by atoms with van der Waals surface area (Å²) in [5, 5.41) is 16.2. The van der Waals surface area contributed by atoms with Gasteiger partial charge in [0.15, 0.2) is 5.11 Å². The molecule has 0 bridgehead atoms. The first kappa shape index (κ1) is 31.0. The summed E-state index contributed by atoms with van der Waals surface area (Å²) in [6.07, 6.45) is 4.11. The van der Waals surface area contributed by atoms with Crippen LogP contribution in [0.1, 0.15) is 35.7 Å². The van der Waals surface area contributed by atoms with Crippen LogP contribution in [-0.4, -0.2) is 38.1 Å². The Morgan fingerprint density at radius 1 is 1.14 bits per heavy atom. The first-order valence-corrected chi connectivity index (χ1v) is 14.4. The van der Waals surface area contributed by atoms with E-state index >= 15 is 0 Å². The number of nitrogens with one attached hydrogen (secondary N) is 2. The minimum Gasteiger partial charge on any atom is -0.351 e. The molecule has 1 amide bonds. The average Bonchev–Trinajstić information content (AvgIpc) is 3.41. The van der Waals surface area contributed by atoms with Gasteiger partial charge in [-0.25, -0.2) is 9.37 Å². The molecule has 0 spiro atoms. The maximum Gasteiger partial charge on any atom is 0.226 e. The molecule has 7 nitrogen and oxygen atoms in total. The topological polar surface area (TPSA) is 86.0 Å². The van der Waals surface area contributed by atoms with Gasteiger partial charge in [-0.2, -0.15) is 5.26 Å². The highest BCUT2D eigenvalue weighted by Gasteiger charge is 2.21. The molecular weight excluding hydrogens is 594 g/mol. The number of benzene rings is 3. The quantitative estimate of drug-likeness (QED) is 0.184. The molecule has 0 aliphatic heterocycles. The van der Waals surface area contributed by atoms with Gasteiger partial charge in [-0.15, -0.1) is 0 Å². The van der Waals surface area contributed by atoms with E-state index in [4.69, 9.17) is 40.7 Å². The summed E-state index contributed by atoms with van der Waals surface area (Å²) in [5.41, 5.74) is 3.33. The highest BCUT2D eigenvalue weighted by Crippen LogP contribution is 2.27. The first-order valence-electron chi connectivity index (χ1n) is 13.3. The van der Waals surface area contributed by atoms with E-state index in [-0.39, 0.29) is 29.2 Å². The lowest BCUT2D eigenvalue weighted by Crippen LogP contribution is -2.47. The van der Waals surface area contributed by atoms with E-state index < -0.39 is 5.82 Å². The zero-order valence-electron chi connectivity index (χ0n) is 22.9. The number of nitrogens with zero attached hydrogens (tertiary/aromatic N) is 4. The molecule has 216 valence electrons. The number of hydrogen-bond donors (Lipinski definition) is 2. The van der Waals surface area contributed by atoms with E-state index in [9.17, 15) is 9.18 Å². The fourth-order valence-electron chi connectivity index (χ4n) is 4.36. The maximum atomic E-state index is 14.4. The van der Waals surface area contributed by atoms with E-state index in [2.05, 4.69) is 21.7 Å². The number of anilines is 1. The molecule has 42 heavy (non-hydrogen) atoms. The molecule has 3 aromatic carbocycles. The molecule has 0 saturated carbocycles. The van der Waals surface area contributed by atoms with Crippen LogP contribution in [0, 0.1) is 17.1 Å². The van der Waals surface area contributed by atoms with Crippen LogP contribution >= 0.6 is 35.4 Å². The zero-order chi connectivity index (χ0) is 30.1. The summed E-state index contributed by atoms with van der Waals surface area (Å²) >= 11 is 18.4. The van der Waals surface area contributed by atoms with Gasteiger partial charge in [-0.3, -0.25) is 4.79 Å². The number of carbonyl (C=O) groups is 1. The average molecular weight is 624 g/mol. The smallest absolute Gasteiger partial charge is 0.226 e. The molecule has 2 N–H and O–H groups in total. The van der Waals surface area contributed by atoms with Crippen molar-refractivity contribution in [2.24, 2.45) is 0 Å². The zero-order valence-corrected chi connectivity index (χ0v) is 25.2. The fraction of sp³-hybridized carbons (Fsp3) is 0.226. The third kappa shape index (κ3) is 8.29. The Morgan fingerprint density at radius 3 is 2.62 bits per heavy atom. The third-order valence-electron chi connectivity index (χ3n) is 6.67. The van der Waals surface area contributed by atoms with Crippen LogP contribution in [0.15, 0.2) is 79.3 Å². The third-order valence-corrected chi connectivity index (χ3v) is 7.89. The van der Waals surface area contributed by atoms with Crippen LogP contribution in [0.4, 0.5) is 10.1 Å². The molecule has 4 rings (SSSR count). The number of amides is 1. The van der Waals surface area contributed by atoms with Gasteiger partial charge in [-0.05, 0) is 60.1 Å². The molecule has 0 unspecified atom stereocenters. The fourth-order valence-corrected chi connectivity index (χ4v) is 4.99. The van der Waals surface area contributed by atoms with Gasteiger partial charge >= 0.3 is 0 Å². The van der Waals surface area contributed by atoms with Gasteiger partial charge in [0.25, 0.3) is 0 Å². The van der Waals surface area contributed by atoms with E-state index in [1.165, 1.54) is 6.07 Å². The Kier molecular flexibility index (Phi) is 10.9. The number of carbonyl (C=O) groups excluding carboxylic acids is 1. The van der Waals surface area contributed by atoms with E-state index in [0.717, 1.165) is 16.8 Å². The number of aromatic nitrogens is 2. The van der Waals surface area contributed by atoms with Crippen LogP contribution in [0.3, 0.4) is 0 Å². The Morgan fingerprint density at radius 2 is 1.90 bits per heavy atom. The van der Waals surface area contributed by atoms with Crippen LogP contribution in [0.2, 0.25) is 10.0 Å². The minimum absolute atomic E-state index is 0.130. The molecule has 1 aromatic heterocycles. The van der Waals surface area contributed by atoms with Crippen molar-refractivity contribution in [1.82, 2.24) is 19.8 Å². The lowest BCUT2D eigenvalue weighted by molar-refractivity contribution is -0.121. The SMILES string of the molecule is CC[C@@H](CN(Cc1cccc(Cl)c1Cl)C(=S)Nc1ccccc1F)NC(=O)Cc1cncn1Cc1ccc(C#N)cc1. The van der Waals surface area contributed by atoms with E-state index in [0.29, 0.717) is 41.7 Å². The van der Waals surface area contributed by atoms with Crippen LogP contribution in [0.25, 0.3) is 0 Å². The Hall–Kier alpha value is -3.97. The van der Waals surface area contributed by atoms with Gasteiger partial charge in [0.1, 0.15) is 5.82 Å². The summed E-state index contributed by atoms with van der Waals surface area (Å²) in [6.45, 7) is 3.13. The Labute approximate surface area is 259 Å². The number of thiocarbonyl (C=S) groups is 1. The summed E-state index contributed by atoms with van der Waals surface area (Å²) in [6, 6.07) is 20.8. The molecule has 1 heterocycles. The van der Waals surface area contributed by atoms with Crippen molar-refractivity contribution in [3.05, 3.63) is 118 Å². The summed E-state index contributed by atoms with van der Waals surface area (Å²) < 4.78 is 16.3. The van der Waals surface area contributed by atoms with Gasteiger partial charge in [0.05, 0.1) is 40.1 Å². The predicted molar refractivity (Wildman–Crippen MR) is 168 cm³/mol. The second-order valence-corrected chi connectivity index (χ2v) is 10.8. The van der Waals surface area contributed by atoms with E-state index in [1.807, 2.05) is 34.6 Å². The summed E-state index contributed by atoms with van der Waals surface area (Å²) in [4.78, 5) is 19.2. The largest absolute Gasteiger partial charge is 0.351 e. The highest BCUT2D eigenvalue weighted by atomic mass is 35.5. The van der Waals surface area contributed by atoms with Crippen molar-refractivity contribution in [2.75, 3.05) is 11.9 Å². The number of hydrogen-bond acceptors (Lipinski definition) is 4. The van der Waals surface area contributed by atoms with Crippen molar-refractivity contribution in [3.8, 4) is 6.07 Å². The van der Waals surface area contributed by atoms with Crippen molar-refractivity contribution in [3.63, 3.8) is 0 Å². The minimum atomic E-state index is -0.432. The Balaban J connectivity index is 1.46. The lowest BCUT2D eigenvalue weighted by Gasteiger charge is -2.30. The molecule has 1 atom stereocenters.